The molecule has 0 bridgehead atoms. The zero-order chi connectivity index (χ0) is 6.57. The molecule has 0 aromatic rings. The number of nitrogens with zero attached hydrogens (tertiary/aromatic N) is 2. The molecular formula is C4H9N3O. The fourth-order valence-electron chi connectivity index (χ4n) is 0.255. The smallest absolute Gasteiger partial charge is 0.171 e. The van der Waals surface area contributed by atoms with Crippen molar-refractivity contribution in [3.05, 3.63) is 17.1 Å². The predicted molar refractivity (Wildman–Crippen MR) is 29.9 cm³/mol. The molecule has 2 N–H and O–H groups in total. The first-order chi connectivity index (χ1) is 3.66. The summed E-state index contributed by atoms with van der Waals surface area (Å²) in [6, 6.07) is 0. The molecule has 0 aromatic heterocycles. The highest BCUT2D eigenvalue weighted by Gasteiger charge is 1.83. The summed E-state index contributed by atoms with van der Waals surface area (Å²) in [5.74, 6) is 0. The molecule has 4 heteroatoms. The molecule has 0 aromatic carbocycles. The van der Waals surface area contributed by atoms with Crippen molar-refractivity contribution in [2.45, 2.75) is 6.92 Å². The van der Waals surface area contributed by atoms with E-state index < -0.39 is 0 Å². The van der Waals surface area contributed by atoms with Crippen LogP contribution in [0.25, 0.3) is 0 Å². The molecule has 0 unspecified atom stereocenters. The highest BCUT2D eigenvalue weighted by Crippen LogP contribution is 1.88. The van der Waals surface area contributed by atoms with Gasteiger partial charge in [-0.25, -0.2) is 0 Å². The van der Waals surface area contributed by atoms with Crippen LogP contribution in [0.15, 0.2) is 17.0 Å². The Bertz CT molecular complexity index is 123. The predicted octanol–water partition coefficient (Wildman–Crippen LogP) is 0.399. The van der Waals surface area contributed by atoms with Gasteiger partial charge in [-0.15, -0.1) is 0 Å². The fourth-order valence-corrected chi connectivity index (χ4v) is 0.255. The number of hydrogen-bond acceptors (Lipinski definition) is 3. The number of azo groups is 1. The van der Waals surface area contributed by atoms with E-state index >= 15 is 0 Å². The van der Waals surface area contributed by atoms with Crippen molar-refractivity contribution >= 4 is 0 Å². The summed E-state index contributed by atoms with van der Waals surface area (Å²) in [4.78, 5) is 0.457. The molecule has 0 aliphatic carbocycles. The molecule has 0 aliphatic heterocycles. The van der Waals surface area contributed by atoms with Crippen molar-refractivity contribution in [2.24, 2.45) is 10.8 Å². The number of hydroxylamine groups is 1. The standard InChI is InChI=1S/C4H9N3O/c1-4(3-5)6-7(2)8/h3H,5H2,1-2H3. The minimum absolute atomic E-state index is 0.457. The van der Waals surface area contributed by atoms with Gasteiger partial charge < -0.3 is 10.9 Å². The van der Waals surface area contributed by atoms with Gasteiger partial charge in [0.25, 0.3) is 0 Å². The largest absolute Gasteiger partial charge is 0.600 e. The second-order valence-corrected chi connectivity index (χ2v) is 1.37. The van der Waals surface area contributed by atoms with Gasteiger partial charge >= 0.3 is 0 Å². The molecule has 0 spiro atoms. The first kappa shape index (κ1) is 6.94. The Kier molecular flexibility index (Phi) is 2.61. The van der Waals surface area contributed by atoms with Crippen LogP contribution in [0.1, 0.15) is 6.92 Å². The lowest BCUT2D eigenvalue weighted by atomic mass is 10.6. The van der Waals surface area contributed by atoms with E-state index in [1.807, 2.05) is 0 Å². The molecule has 4 nitrogen and oxygen atoms in total. The lowest BCUT2D eigenvalue weighted by Crippen LogP contribution is -1.90. The van der Waals surface area contributed by atoms with E-state index in [1.54, 1.807) is 6.92 Å². The number of rotatable bonds is 1. The van der Waals surface area contributed by atoms with Crippen LogP contribution in [-0.2, 0) is 0 Å². The van der Waals surface area contributed by atoms with E-state index in [-0.39, 0.29) is 0 Å². The van der Waals surface area contributed by atoms with E-state index in [0.29, 0.717) is 10.6 Å². The Balaban J connectivity index is 3.89. The Labute approximate surface area is 47.9 Å². The van der Waals surface area contributed by atoms with Crippen molar-refractivity contribution in [3.63, 3.8) is 0 Å². The zero-order valence-electron chi connectivity index (χ0n) is 4.96. The number of allylic oxidation sites excluding steroid dienone is 1. The van der Waals surface area contributed by atoms with Crippen LogP contribution < -0.4 is 5.73 Å². The van der Waals surface area contributed by atoms with Gasteiger partial charge in [-0.05, 0) is 6.92 Å². The summed E-state index contributed by atoms with van der Waals surface area (Å²) in [5, 5.41) is 13.5. The van der Waals surface area contributed by atoms with Crippen molar-refractivity contribution in [1.29, 1.82) is 0 Å². The Morgan fingerprint density at radius 3 is 2.50 bits per heavy atom. The zero-order valence-corrected chi connectivity index (χ0v) is 4.96. The normalized spacial score (nSPS) is 14.2. The third-order valence-electron chi connectivity index (χ3n) is 0.540. The summed E-state index contributed by atoms with van der Waals surface area (Å²) in [7, 11) is 1.30. The highest BCUT2D eigenvalue weighted by molar-refractivity contribution is 4.88. The van der Waals surface area contributed by atoms with Crippen LogP contribution in [0.3, 0.4) is 0 Å². The van der Waals surface area contributed by atoms with E-state index in [4.69, 9.17) is 5.73 Å². The molecule has 0 saturated carbocycles. The SMILES string of the molecule is CC(=CN)N=[N+](C)[O-]. The second-order valence-electron chi connectivity index (χ2n) is 1.37. The Morgan fingerprint density at radius 2 is 2.38 bits per heavy atom. The van der Waals surface area contributed by atoms with Crippen molar-refractivity contribution in [1.82, 2.24) is 0 Å². The minimum Gasteiger partial charge on any atom is -0.600 e. The van der Waals surface area contributed by atoms with Crippen LogP contribution in [0, 0.1) is 5.21 Å². The number of nitrogens with two attached hydrogens (primary N) is 1. The van der Waals surface area contributed by atoms with Crippen LogP contribution in [0.4, 0.5) is 0 Å². The monoisotopic (exact) mass is 115 g/mol. The maximum atomic E-state index is 10.1. The molecular weight excluding hydrogens is 106 g/mol. The van der Waals surface area contributed by atoms with Crippen LogP contribution >= 0.6 is 0 Å². The molecule has 0 heterocycles. The van der Waals surface area contributed by atoms with Crippen molar-refractivity contribution in [3.8, 4) is 0 Å². The van der Waals surface area contributed by atoms with Gasteiger partial charge in [0.05, 0.1) is 0 Å². The topological polar surface area (TPSA) is 64.4 Å². The summed E-state index contributed by atoms with van der Waals surface area (Å²) in [5.41, 5.74) is 5.52. The summed E-state index contributed by atoms with van der Waals surface area (Å²) in [6.07, 6.45) is 1.27. The maximum absolute atomic E-state index is 10.1. The average Bonchev–Trinajstić information content (AvgIpc) is 1.65. The molecule has 0 radical (unpaired) electrons. The number of hydrogen-bond donors (Lipinski definition) is 1. The molecule has 0 rings (SSSR count). The van der Waals surface area contributed by atoms with Gasteiger partial charge in [0.2, 0.25) is 0 Å². The Morgan fingerprint density at radius 1 is 1.88 bits per heavy atom. The van der Waals surface area contributed by atoms with Gasteiger partial charge in [0.15, 0.2) is 7.05 Å². The third kappa shape index (κ3) is 3.14. The van der Waals surface area contributed by atoms with Gasteiger partial charge in [0, 0.05) is 11.3 Å². The Hall–Kier alpha value is -1.06. The molecule has 0 fully saturated rings. The van der Waals surface area contributed by atoms with Crippen LogP contribution in [0.2, 0.25) is 0 Å². The van der Waals surface area contributed by atoms with E-state index in [1.165, 1.54) is 13.2 Å². The van der Waals surface area contributed by atoms with Crippen molar-refractivity contribution < 1.29 is 4.86 Å². The molecule has 0 aliphatic rings. The lowest BCUT2D eigenvalue weighted by Gasteiger charge is -1.88. The van der Waals surface area contributed by atoms with E-state index in [0.717, 1.165) is 0 Å². The summed E-state index contributed by atoms with van der Waals surface area (Å²) in [6.45, 7) is 1.65. The molecule has 8 heavy (non-hydrogen) atoms. The molecule has 0 amide bonds. The van der Waals surface area contributed by atoms with Gasteiger partial charge in [-0.3, -0.25) is 0 Å². The highest BCUT2D eigenvalue weighted by atomic mass is 16.5. The van der Waals surface area contributed by atoms with Crippen LogP contribution in [-0.4, -0.2) is 11.9 Å². The second kappa shape index (κ2) is 3.01. The third-order valence-corrected chi connectivity index (χ3v) is 0.540. The van der Waals surface area contributed by atoms with Crippen LogP contribution in [0.5, 0.6) is 0 Å². The fraction of sp³-hybridized carbons (Fsp3) is 0.500. The molecule has 0 saturated heterocycles. The van der Waals surface area contributed by atoms with Gasteiger partial charge in [-0.1, -0.05) is 4.86 Å². The lowest BCUT2D eigenvalue weighted by molar-refractivity contribution is -0.495. The van der Waals surface area contributed by atoms with E-state index in [2.05, 4.69) is 5.11 Å². The summed E-state index contributed by atoms with van der Waals surface area (Å²) < 4.78 is 0. The minimum atomic E-state index is 0.457. The quantitative estimate of drug-likeness (QED) is 0.305. The first-order valence-corrected chi connectivity index (χ1v) is 2.18. The van der Waals surface area contributed by atoms with E-state index in [9.17, 15) is 5.21 Å². The molecule has 46 valence electrons. The van der Waals surface area contributed by atoms with Gasteiger partial charge in [0.1, 0.15) is 5.70 Å². The maximum Gasteiger partial charge on any atom is 0.171 e. The van der Waals surface area contributed by atoms with Crippen molar-refractivity contribution in [2.75, 3.05) is 7.05 Å². The first-order valence-electron chi connectivity index (χ1n) is 2.18. The molecule has 0 atom stereocenters. The average molecular weight is 115 g/mol. The van der Waals surface area contributed by atoms with Gasteiger partial charge in [-0.2, -0.15) is 0 Å². The summed E-state index contributed by atoms with van der Waals surface area (Å²) >= 11 is 0.